The second kappa shape index (κ2) is 5.74. The molecule has 2 aromatic carbocycles. The average molecular weight is 391 g/mol. The van der Waals surface area contributed by atoms with Crippen LogP contribution in [0, 0.1) is 6.92 Å². The highest BCUT2D eigenvalue weighted by Gasteiger charge is 2.16. The first-order chi connectivity index (χ1) is 8.49. The van der Waals surface area contributed by atoms with Gasteiger partial charge in [-0.15, -0.1) is 0 Å². The Morgan fingerprint density at radius 2 is 1.78 bits per heavy atom. The highest BCUT2D eigenvalue weighted by atomic mass is 79.9. The summed E-state index contributed by atoms with van der Waals surface area (Å²) in [6.45, 7) is 1.97. The summed E-state index contributed by atoms with van der Waals surface area (Å²) < 4.78 is 1.78. The van der Waals surface area contributed by atoms with E-state index in [1.165, 1.54) is 0 Å². The standard InChI is InChI=1S/C14H11Br2ClO/c1-8-2-4-10(13(17)6-8)14(18)11-7-9(15)3-5-12(11)16/h2-7,14,18H,1H3. The minimum atomic E-state index is -0.745. The Bertz CT molecular complexity index is 584. The molecule has 1 nitrogen and oxygen atoms in total. The van der Waals surface area contributed by atoms with Crippen LogP contribution in [0.5, 0.6) is 0 Å². The highest BCUT2D eigenvalue weighted by molar-refractivity contribution is 9.11. The summed E-state index contributed by atoms with van der Waals surface area (Å²) in [4.78, 5) is 0. The van der Waals surface area contributed by atoms with Gasteiger partial charge in [-0.1, -0.05) is 55.6 Å². The number of hydrogen-bond acceptors (Lipinski definition) is 1. The molecular weight excluding hydrogens is 379 g/mol. The molecule has 0 spiro atoms. The largest absolute Gasteiger partial charge is 0.384 e. The Morgan fingerprint density at radius 3 is 2.44 bits per heavy atom. The first-order valence-electron chi connectivity index (χ1n) is 5.38. The van der Waals surface area contributed by atoms with E-state index in [9.17, 15) is 5.11 Å². The molecule has 0 radical (unpaired) electrons. The molecule has 94 valence electrons. The summed E-state index contributed by atoms with van der Waals surface area (Å²) in [5, 5.41) is 11.0. The van der Waals surface area contributed by atoms with Crippen molar-refractivity contribution in [2.75, 3.05) is 0 Å². The van der Waals surface area contributed by atoms with Crippen molar-refractivity contribution < 1.29 is 5.11 Å². The molecule has 2 aromatic rings. The van der Waals surface area contributed by atoms with Gasteiger partial charge in [-0.3, -0.25) is 0 Å². The second-order valence-corrected chi connectivity index (χ2v) is 6.27. The summed E-state index contributed by atoms with van der Waals surface area (Å²) in [5.41, 5.74) is 2.57. The molecule has 0 bridgehead atoms. The monoisotopic (exact) mass is 388 g/mol. The Kier molecular flexibility index (Phi) is 4.49. The van der Waals surface area contributed by atoms with Crippen LogP contribution in [0.2, 0.25) is 5.02 Å². The van der Waals surface area contributed by atoms with Crippen molar-refractivity contribution >= 4 is 43.5 Å². The van der Waals surface area contributed by atoms with Crippen molar-refractivity contribution in [3.8, 4) is 0 Å². The van der Waals surface area contributed by atoms with Crippen molar-refractivity contribution in [2.24, 2.45) is 0 Å². The van der Waals surface area contributed by atoms with Gasteiger partial charge in [0.25, 0.3) is 0 Å². The Hall–Kier alpha value is -0.350. The van der Waals surface area contributed by atoms with Gasteiger partial charge < -0.3 is 5.11 Å². The Morgan fingerprint density at radius 1 is 1.06 bits per heavy atom. The Labute approximate surface area is 128 Å². The van der Waals surface area contributed by atoms with E-state index in [1.807, 2.05) is 43.3 Å². The molecule has 0 saturated heterocycles. The van der Waals surface area contributed by atoms with Crippen molar-refractivity contribution in [3.05, 3.63) is 67.1 Å². The van der Waals surface area contributed by atoms with E-state index < -0.39 is 6.10 Å². The number of benzene rings is 2. The van der Waals surface area contributed by atoms with Crippen molar-refractivity contribution in [3.63, 3.8) is 0 Å². The molecule has 0 amide bonds. The fourth-order valence-corrected chi connectivity index (χ4v) is 2.93. The predicted octanol–water partition coefficient (Wildman–Crippen LogP) is 5.26. The summed E-state index contributed by atoms with van der Waals surface area (Å²) in [7, 11) is 0. The van der Waals surface area contributed by atoms with Crippen molar-refractivity contribution in [2.45, 2.75) is 13.0 Å². The molecule has 18 heavy (non-hydrogen) atoms. The fraction of sp³-hybridized carbons (Fsp3) is 0.143. The molecule has 0 aromatic heterocycles. The van der Waals surface area contributed by atoms with Gasteiger partial charge in [-0.2, -0.15) is 0 Å². The maximum Gasteiger partial charge on any atom is 0.107 e. The van der Waals surface area contributed by atoms with E-state index in [0.717, 1.165) is 20.1 Å². The van der Waals surface area contributed by atoms with Gasteiger partial charge in [0.1, 0.15) is 6.10 Å². The summed E-state index contributed by atoms with van der Waals surface area (Å²) in [6, 6.07) is 11.3. The first kappa shape index (κ1) is 14.1. The molecule has 0 aliphatic rings. The van der Waals surface area contributed by atoms with Gasteiger partial charge in [0.05, 0.1) is 0 Å². The topological polar surface area (TPSA) is 20.2 Å². The van der Waals surface area contributed by atoms with Crippen LogP contribution in [-0.2, 0) is 0 Å². The van der Waals surface area contributed by atoms with E-state index in [4.69, 9.17) is 11.6 Å². The fourth-order valence-electron chi connectivity index (χ4n) is 1.75. The smallest absolute Gasteiger partial charge is 0.107 e. The predicted molar refractivity (Wildman–Crippen MR) is 82.1 cm³/mol. The third-order valence-corrected chi connectivity index (χ3v) is 4.25. The van der Waals surface area contributed by atoms with Crippen LogP contribution in [0.4, 0.5) is 0 Å². The van der Waals surface area contributed by atoms with Gasteiger partial charge in [-0.05, 0) is 36.8 Å². The van der Waals surface area contributed by atoms with Gasteiger partial charge >= 0.3 is 0 Å². The lowest BCUT2D eigenvalue weighted by molar-refractivity contribution is 0.219. The zero-order valence-corrected chi connectivity index (χ0v) is 13.6. The lowest BCUT2D eigenvalue weighted by atomic mass is 10.0. The van der Waals surface area contributed by atoms with Crippen LogP contribution >= 0.6 is 43.5 Å². The van der Waals surface area contributed by atoms with Gasteiger partial charge in [0, 0.05) is 25.1 Å². The lowest BCUT2D eigenvalue weighted by Crippen LogP contribution is -2.02. The van der Waals surface area contributed by atoms with E-state index in [2.05, 4.69) is 31.9 Å². The van der Waals surface area contributed by atoms with Gasteiger partial charge in [-0.25, -0.2) is 0 Å². The van der Waals surface area contributed by atoms with Crippen LogP contribution in [0.15, 0.2) is 45.3 Å². The lowest BCUT2D eigenvalue weighted by Gasteiger charge is -2.15. The number of aliphatic hydroxyl groups is 1. The molecule has 0 aliphatic carbocycles. The molecule has 1 unspecified atom stereocenters. The van der Waals surface area contributed by atoms with Crippen molar-refractivity contribution in [1.82, 2.24) is 0 Å². The zero-order chi connectivity index (χ0) is 13.3. The zero-order valence-electron chi connectivity index (χ0n) is 9.62. The highest BCUT2D eigenvalue weighted by Crippen LogP contribution is 2.34. The molecular formula is C14H11Br2ClO. The van der Waals surface area contributed by atoms with Crippen LogP contribution in [0.25, 0.3) is 0 Å². The maximum absolute atomic E-state index is 10.4. The summed E-state index contributed by atoms with van der Waals surface area (Å²) in [5.74, 6) is 0. The van der Waals surface area contributed by atoms with Gasteiger partial charge in [0.15, 0.2) is 0 Å². The molecule has 1 N–H and O–H groups in total. The Balaban J connectivity index is 2.47. The van der Waals surface area contributed by atoms with Crippen molar-refractivity contribution in [1.29, 1.82) is 0 Å². The minimum Gasteiger partial charge on any atom is -0.384 e. The van der Waals surface area contributed by atoms with Crippen LogP contribution in [0.1, 0.15) is 22.8 Å². The summed E-state index contributed by atoms with van der Waals surface area (Å²) >= 11 is 13.0. The van der Waals surface area contributed by atoms with E-state index in [-0.39, 0.29) is 0 Å². The van der Waals surface area contributed by atoms with Gasteiger partial charge in [0.2, 0.25) is 0 Å². The maximum atomic E-state index is 10.4. The van der Waals surface area contributed by atoms with E-state index >= 15 is 0 Å². The van der Waals surface area contributed by atoms with Crippen LogP contribution in [0.3, 0.4) is 0 Å². The second-order valence-electron chi connectivity index (χ2n) is 4.09. The molecule has 0 heterocycles. The third kappa shape index (κ3) is 2.97. The normalized spacial score (nSPS) is 12.5. The molecule has 0 fully saturated rings. The quantitative estimate of drug-likeness (QED) is 0.742. The SMILES string of the molecule is Cc1ccc(C(O)c2cc(Br)ccc2Br)c(Cl)c1. The molecule has 0 aliphatic heterocycles. The molecule has 4 heteroatoms. The van der Waals surface area contributed by atoms with Crippen LogP contribution < -0.4 is 0 Å². The summed E-state index contributed by atoms with van der Waals surface area (Å²) in [6.07, 6.45) is -0.745. The number of rotatable bonds is 2. The number of aryl methyl sites for hydroxylation is 1. The third-order valence-electron chi connectivity index (χ3n) is 2.70. The number of aliphatic hydroxyl groups excluding tert-OH is 1. The van der Waals surface area contributed by atoms with Crippen LogP contribution in [-0.4, -0.2) is 5.11 Å². The van der Waals surface area contributed by atoms with E-state index in [1.54, 1.807) is 0 Å². The molecule has 0 saturated carbocycles. The minimum absolute atomic E-state index is 0.578. The molecule has 2 rings (SSSR count). The number of halogens is 3. The first-order valence-corrected chi connectivity index (χ1v) is 7.34. The molecule has 1 atom stereocenters. The number of hydrogen-bond donors (Lipinski definition) is 1. The van der Waals surface area contributed by atoms with E-state index in [0.29, 0.717) is 10.6 Å². The average Bonchev–Trinajstić information content (AvgIpc) is 2.31.